The first-order valence-corrected chi connectivity index (χ1v) is 14.1. The van der Waals surface area contributed by atoms with E-state index in [-0.39, 0.29) is 6.61 Å². The van der Waals surface area contributed by atoms with Crippen LogP contribution in [0.25, 0.3) is 0 Å². The van der Waals surface area contributed by atoms with Crippen molar-refractivity contribution in [2.75, 3.05) is 13.2 Å². The van der Waals surface area contributed by atoms with Crippen molar-refractivity contribution in [3.05, 3.63) is 120 Å². The topological polar surface area (TPSA) is 72.5 Å². The molecule has 0 aliphatic carbocycles. The standard InChI is InChI=1S/C34H40O7/c1-3-4-14-21-36-34-33(40-24-29-19-12-7-13-20-29)32(39-23-28-17-10-6-11-18-28)31(30(41-34)25-37-26(2)35)38-22-27-15-8-5-9-16-27/h3,5-13,15-20,30-34H,1,4,14,21-25H2,2H3/t30-,31+,32+,33-,34-/m1/s1. The summed E-state index contributed by atoms with van der Waals surface area (Å²) in [6.45, 7) is 6.63. The molecule has 1 fully saturated rings. The average molecular weight is 561 g/mol. The van der Waals surface area contributed by atoms with E-state index in [0.29, 0.717) is 26.4 Å². The summed E-state index contributed by atoms with van der Waals surface area (Å²) in [6.07, 6.45) is 0.260. The van der Waals surface area contributed by atoms with Gasteiger partial charge in [-0.1, -0.05) is 97.1 Å². The number of hydrogen-bond acceptors (Lipinski definition) is 7. The lowest BCUT2D eigenvalue weighted by Crippen LogP contribution is -2.62. The van der Waals surface area contributed by atoms with Crippen molar-refractivity contribution in [1.29, 1.82) is 0 Å². The maximum Gasteiger partial charge on any atom is 0.302 e. The molecular formula is C34H40O7. The summed E-state index contributed by atoms with van der Waals surface area (Å²) in [5.74, 6) is -0.400. The van der Waals surface area contributed by atoms with Crippen molar-refractivity contribution >= 4 is 5.97 Å². The SMILES string of the molecule is C=CCCCO[C@@H]1O[C@H](COC(C)=O)[C@H](OCc2ccccc2)[C@H](OCc2ccccc2)[C@H]1OCc1ccccc1. The molecule has 3 aromatic carbocycles. The van der Waals surface area contributed by atoms with Crippen LogP contribution in [0.5, 0.6) is 0 Å². The largest absolute Gasteiger partial charge is 0.463 e. The lowest BCUT2D eigenvalue weighted by Gasteiger charge is -2.45. The van der Waals surface area contributed by atoms with Gasteiger partial charge in [-0.2, -0.15) is 0 Å². The first kappa shape index (κ1) is 30.6. The molecule has 1 saturated heterocycles. The van der Waals surface area contributed by atoms with E-state index in [1.54, 1.807) is 0 Å². The van der Waals surface area contributed by atoms with Crippen LogP contribution < -0.4 is 0 Å². The fourth-order valence-corrected chi connectivity index (χ4v) is 4.64. The minimum atomic E-state index is -0.763. The Morgan fingerprint density at radius 1 is 0.732 bits per heavy atom. The number of esters is 1. The van der Waals surface area contributed by atoms with Crippen LogP contribution in [0.1, 0.15) is 36.5 Å². The number of allylic oxidation sites excluding steroid dienone is 1. The van der Waals surface area contributed by atoms with E-state index in [9.17, 15) is 4.79 Å². The molecule has 0 saturated carbocycles. The number of ether oxygens (including phenoxy) is 6. The highest BCUT2D eigenvalue weighted by Gasteiger charge is 2.49. The van der Waals surface area contributed by atoms with Gasteiger partial charge in [-0.25, -0.2) is 0 Å². The maximum atomic E-state index is 11.8. The fourth-order valence-electron chi connectivity index (χ4n) is 4.64. The third-order valence-electron chi connectivity index (χ3n) is 6.73. The van der Waals surface area contributed by atoms with Crippen LogP contribution in [-0.4, -0.2) is 49.9 Å². The highest BCUT2D eigenvalue weighted by molar-refractivity contribution is 5.65. The van der Waals surface area contributed by atoms with Gasteiger partial charge in [0.1, 0.15) is 31.0 Å². The molecule has 1 aliphatic rings. The van der Waals surface area contributed by atoms with Crippen LogP contribution in [0.3, 0.4) is 0 Å². The molecule has 0 bridgehead atoms. The fraction of sp³-hybridized carbons (Fsp3) is 0.382. The smallest absolute Gasteiger partial charge is 0.302 e. The summed E-state index contributed by atoms with van der Waals surface area (Å²) in [7, 11) is 0. The van der Waals surface area contributed by atoms with Gasteiger partial charge in [0, 0.05) is 6.92 Å². The molecule has 1 heterocycles. The van der Waals surface area contributed by atoms with Crippen LogP contribution in [0, 0.1) is 0 Å². The summed E-state index contributed by atoms with van der Waals surface area (Å²) in [5.41, 5.74) is 3.04. The van der Waals surface area contributed by atoms with Gasteiger partial charge in [0.15, 0.2) is 6.29 Å². The van der Waals surface area contributed by atoms with Crippen LogP contribution >= 0.6 is 0 Å². The first-order chi connectivity index (χ1) is 20.1. The quantitative estimate of drug-likeness (QED) is 0.121. The highest BCUT2D eigenvalue weighted by atomic mass is 16.7. The van der Waals surface area contributed by atoms with Gasteiger partial charge in [-0.05, 0) is 29.5 Å². The molecule has 1 aliphatic heterocycles. The van der Waals surface area contributed by atoms with Crippen molar-refractivity contribution in [3.63, 3.8) is 0 Å². The second-order valence-corrected chi connectivity index (χ2v) is 9.93. The Hall–Kier alpha value is -3.33. The molecule has 0 radical (unpaired) electrons. The molecular weight excluding hydrogens is 520 g/mol. The lowest BCUT2D eigenvalue weighted by molar-refractivity contribution is -0.327. The molecule has 7 heteroatoms. The zero-order valence-corrected chi connectivity index (χ0v) is 23.6. The summed E-state index contributed by atoms with van der Waals surface area (Å²) < 4.78 is 37.7. The van der Waals surface area contributed by atoms with Crippen molar-refractivity contribution in [3.8, 4) is 0 Å². The number of carbonyl (C=O) groups is 1. The molecule has 0 spiro atoms. The number of hydrogen-bond donors (Lipinski definition) is 0. The first-order valence-electron chi connectivity index (χ1n) is 14.1. The Balaban J connectivity index is 1.63. The van der Waals surface area contributed by atoms with E-state index >= 15 is 0 Å². The number of benzene rings is 3. The molecule has 0 unspecified atom stereocenters. The van der Waals surface area contributed by atoms with Crippen molar-refractivity contribution in [2.45, 2.75) is 70.3 Å². The third kappa shape index (κ3) is 9.92. The Bertz CT molecular complexity index is 1160. The summed E-state index contributed by atoms with van der Waals surface area (Å²) in [6, 6.07) is 29.8. The summed E-state index contributed by atoms with van der Waals surface area (Å²) in [4.78, 5) is 11.8. The van der Waals surface area contributed by atoms with Crippen LogP contribution in [0.4, 0.5) is 0 Å². The van der Waals surface area contributed by atoms with Gasteiger partial charge >= 0.3 is 5.97 Å². The van der Waals surface area contributed by atoms with Gasteiger partial charge in [-0.3, -0.25) is 4.79 Å². The molecule has 4 rings (SSSR count). The normalized spacial score (nSPS) is 22.2. The number of rotatable bonds is 16. The van der Waals surface area contributed by atoms with Gasteiger partial charge in [0.2, 0.25) is 0 Å². The number of unbranched alkanes of at least 4 members (excludes halogenated alkanes) is 1. The molecule has 0 amide bonds. The molecule has 0 N–H and O–H groups in total. The van der Waals surface area contributed by atoms with Crippen molar-refractivity contribution in [2.24, 2.45) is 0 Å². The zero-order chi connectivity index (χ0) is 28.7. The van der Waals surface area contributed by atoms with E-state index in [1.807, 2.05) is 97.1 Å². The molecule has 7 nitrogen and oxygen atoms in total. The van der Waals surface area contributed by atoms with Crippen LogP contribution in [0.15, 0.2) is 104 Å². The highest BCUT2D eigenvalue weighted by Crippen LogP contribution is 2.31. The number of carbonyl (C=O) groups excluding carboxylic acids is 1. The summed E-state index contributed by atoms with van der Waals surface area (Å²) >= 11 is 0. The van der Waals surface area contributed by atoms with Crippen molar-refractivity contribution in [1.82, 2.24) is 0 Å². The van der Waals surface area contributed by atoms with Crippen LogP contribution in [0.2, 0.25) is 0 Å². The average Bonchev–Trinajstić information content (AvgIpc) is 3.01. The minimum absolute atomic E-state index is 0.00207. The van der Waals surface area contributed by atoms with E-state index in [1.165, 1.54) is 6.92 Å². The molecule has 0 aromatic heterocycles. The second kappa shape index (κ2) is 16.8. The monoisotopic (exact) mass is 560 g/mol. The van der Waals surface area contributed by atoms with Gasteiger partial charge in [-0.15, -0.1) is 6.58 Å². The third-order valence-corrected chi connectivity index (χ3v) is 6.73. The van der Waals surface area contributed by atoms with Gasteiger partial charge in [0.05, 0.1) is 26.4 Å². The predicted octanol–water partition coefficient (Wildman–Crippen LogP) is 6.01. The Labute approximate surface area is 243 Å². The summed E-state index contributed by atoms with van der Waals surface area (Å²) in [5, 5.41) is 0. The molecule has 3 aromatic rings. The minimum Gasteiger partial charge on any atom is -0.463 e. The van der Waals surface area contributed by atoms with Gasteiger partial charge < -0.3 is 28.4 Å². The maximum absolute atomic E-state index is 11.8. The molecule has 5 atom stereocenters. The van der Waals surface area contributed by atoms with Crippen LogP contribution in [-0.2, 0) is 53.0 Å². The molecule has 41 heavy (non-hydrogen) atoms. The zero-order valence-electron chi connectivity index (χ0n) is 23.6. The molecule has 218 valence electrons. The van der Waals surface area contributed by atoms with E-state index in [4.69, 9.17) is 28.4 Å². The van der Waals surface area contributed by atoms with E-state index in [0.717, 1.165) is 29.5 Å². The van der Waals surface area contributed by atoms with E-state index in [2.05, 4.69) is 6.58 Å². The van der Waals surface area contributed by atoms with Crippen molar-refractivity contribution < 1.29 is 33.2 Å². The van der Waals surface area contributed by atoms with Gasteiger partial charge in [0.25, 0.3) is 0 Å². The Morgan fingerprint density at radius 3 is 1.71 bits per heavy atom. The lowest BCUT2D eigenvalue weighted by atomic mass is 9.97. The Morgan fingerprint density at radius 2 is 1.22 bits per heavy atom. The Kier molecular flexibility index (Phi) is 12.6. The van der Waals surface area contributed by atoms with E-state index < -0.39 is 36.7 Å². The second-order valence-electron chi connectivity index (χ2n) is 9.93. The predicted molar refractivity (Wildman–Crippen MR) is 156 cm³/mol.